The SMILES string of the molecule is CC(C)(C)S(=O)(=O)CCN1CCCN(CCN)CC1. The molecule has 1 saturated heterocycles. The largest absolute Gasteiger partial charge is 0.329 e. The van der Waals surface area contributed by atoms with E-state index in [9.17, 15) is 8.42 Å². The fourth-order valence-electron chi connectivity index (χ4n) is 2.21. The summed E-state index contributed by atoms with van der Waals surface area (Å²) >= 11 is 0. The van der Waals surface area contributed by atoms with Crippen LogP contribution in [0, 0.1) is 0 Å². The zero-order chi connectivity index (χ0) is 14.5. The van der Waals surface area contributed by atoms with Crippen LogP contribution in [0.25, 0.3) is 0 Å². The Morgan fingerprint density at radius 1 is 1.00 bits per heavy atom. The second-order valence-electron chi connectivity index (χ2n) is 6.26. The highest BCUT2D eigenvalue weighted by Crippen LogP contribution is 2.16. The molecule has 0 aliphatic carbocycles. The first kappa shape index (κ1) is 16.9. The fourth-order valence-corrected chi connectivity index (χ4v) is 3.32. The van der Waals surface area contributed by atoms with Crippen molar-refractivity contribution in [2.75, 3.05) is 51.6 Å². The topological polar surface area (TPSA) is 66.6 Å². The Labute approximate surface area is 118 Å². The van der Waals surface area contributed by atoms with Gasteiger partial charge in [-0.05, 0) is 40.3 Å². The Morgan fingerprint density at radius 3 is 2.00 bits per heavy atom. The van der Waals surface area contributed by atoms with Crippen molar-refractivity contribution in [3.05, 3.63) is 0 Å². The summed E-state index contributed by atoms with van der Waals surface area (Å²) in [5.74, 6) is 0.257. The highest BCUT2D eigenvalue weighted by atomic mass is 32.2. The third kappa shape index (κ3) is 5.38. The van der Waals surface area contributed by atoms with Gasteiger partial charge in [0.25, 0.3) is 0 Å². The van der Waals surface area contributed by atoms with E-state index < -0.39 is 14.6 Å². The van der Waals surface area contributed by atoms with Gasteiger partial charge in [0.1, 0.15) is 0 Å². The number of nitrogens with zero attached hydrogens (tertiary/aromatic N) is 2. The van der Waals surface area contributed by atoms with Gasteiger partial charge in [0.05, 0.1) is 10.5 Å². The van der Waals surface area contributed by atoms with Gasteiger partial charge in [0.15, 0.2) is 9.84 Å². The Morgan fingerprint density at radius 2 is 1.53 bits per heavy atom. The third-order valence-corrected chi connectivity index (χ3v) is 6.32. The average molecular weight is 291 g/mol. The predicted octanol–water partition coefficient (Wildman–Crippen LogP) is 0.166. The molecule has 114 valence electrons. The second-order valence-corrected chi connectivity index (χ2v) is 9.12. The van der Waals surface area contributed by atoms with Crippen molar-refractivity contribution in [2.24, 2.45) is 5.73 Å². The maximum atomic E-state index is 12.1. The summed E-state index contributed by atoms with van der Waals surface area (Å²) in [6.45, 7) is 11.6. The maximum absolute atomic E-state index is 12.1. The van der Waals surface area contributed by atoms with Gasteiger partial charge in [-0.1, -0.05) is 0 Å². The standard InChI is InChI=1S/C13H29N3O2S/c1-13(2,3)19(17,18)12-11-16-7-4-6-15(8-5-14)9-10-16/h4-12,14H2,1-3H3. The smallest absolute Gasteiger partial charge is 0.156 e. The van der Waals surface area contributed by atoms with E-state index in [2.05, 4.69) is 9.80 Å². The first-order valence-corrected chi connectivity index (χ1v) is 8.78. The molecule has 1 heterocycles. The van der Waals surface area contributed by atoms with E-state index in [1.54, 1.807) is 20.8 Å². The van der Waals surface area contributed by atoms with Crippen LogP contribution >= 0.6 is 0 Å². The Hall–Kier alpha value is -0.170. The van der Waals surface area contributed by atoms with E-state index in [1.807, 2.05) is 0 Å². The van der Waals surface area contributed by atoms with E-state index in [0.717, 1.165) is 39.1 Å². The first-order valence-electron chi connectivity index (χ1n) is 7.13. The van der Waals surface area contributed by atoms with Crippen LogP contribution in [-0.2, 0) is 9.84 Å². The maximum Gasteiger partial charge on any atom is 0.156 e. The van der Waals surface area contributed by atoms with Crippen LogP contribution in [0.15, 0.2) is 0 Å². The highest BCUT2D eigenvalue weighted by molar-refractivity contribution is 7.92. The van der Waals surface area contributed by atoms with E-state index in [-0.39, 0.29) is 5.75 Å². The van der Waals surface area contributed by atoms with Crippen LogP contribution in [0.5, 0.6) is 0 Å². The lowest BCUT2D eigenvalue weighted by Crippen LogP contribution is -2.38. The van der Waals surface area contributed by atoms with E-state index in [0.29, 0.717) is 13.1 Å². The zero-order valence-corrected chi connectivity index (χ0v) is 13.4. The molecule has 2 N–H and O–H groups in total. The number of sulfone groups is 1. The first-order chi connectivity index (χ1) is 8.76. The van der Waals surface area contributed by atoms with Gasteiger partial charge in [0.2, 0.25) is 0 Å². The summed E-state index contributed by atoms with van der Waals surface area (Å²) < 4.78 is 23.5. The lowest BCUT2D eigenvalue weighted by Gasteiger charge is -2.24. The Balaban J connectivity index is 2.43. The third-order valence-electron chi connectivity index (χ3n) is 3.74. The minimum absolute atomic E-state index is 0.257. The summed E-state index contributed by atoms with van der Waals surface area (Å²) in [6, 6.07) is 0. The van der Waals surface area contributed by atoms with Crippen LogP contribution in [0.1, 0.15) is 27.2 Å². The van der Waals surface area contributed by atoms with Crippen LogP contribution in [-0.4, -0.2) is 74.5 Å². The highest BCUT2D eigenvalue weighted by Gasteiger charge is 2.29. The molecule has 0 unspecified atom stereocenters. The molecule has 1 aliphatic heterocycles. The van der Waals surface area contributed by atoms with Crippen molar-refractivity contribution >= 4 is 9.84 Å². The van der Waals surface area contributed by atoms with Crippen molar-refractivity contribution in [2.45, 2.75) is 31.9 Å². The van der Waals surface area contributed by atoms with Gasteiger partial charge < -0.3 is 15.5 Å². The lowest BCUT2D eigenvalue weighted by atomic mass is 10.3. The molecule has 0 atom stereocenters. The van der Waals surface area contributed by atoms with Gasteiger partial charge in [-0.3, -0.25) is 0 Å². The quantitative estimate of drug-likeness (QED) is 0.782. The molecule has 0 bridgehead atoms. The molecule has 5 nitrogen and oxygen atoms in total. The molecule has 6 heteroatoms. The summed E-state index contributed by atoms with van der Waals surface area (Å²) in [7, 11) is -3.01. The number of nitrogens with two attached hydrogens (primary N) is 1. The van der Waals surface area contributed by atoms with Crippen molar-refractivity contribution < 1.29 is 8.42 Å². The molecule has 1 fully saturated rings. The molecule has 19 heavy (non-hydrogen) atoms. The molecule has 0 aromatic heterocycles. The predicted molar refractivity (Wildman–Crippen MR) is 80.1 cm³/mol. The van der Waals surface area contributed by atoms with Crippen LogP contribution < -0.4 is 5.73 Å². The summed E-state index contributed by atoms with van der Waals surface area (Å²) in [5.41, 5.74) is 5.57. The molecule has 0 radical (unpaired) electrons. The Kier molecular flexibility index (Phi) is 6.23. The van der Waals surface area contributed by atoms with Crippen LogP contribution in [0.3, 0.4) is 0 Å². The van der Waals surface area contributed by atoms with Gasteiger partial charge >= 0.3 is 0 Å². The average Bonchev–Trinajstić information content (AvgIpc) is 2.51. The monoisotopic (exact) mass is 291 g/mol. The van der Waals surface area contributed by atoms with Gasteiger partial charge in [-0.15, -0.1) is 0 Å². The van der Waals surface area contributed by atoms with Crippen molar-refractivity contribution in [1.29, 1.82) is 0 Å². The van der Waals surface area contributed by atoms with Gasteiger partial charge in [-0.25, -0.2) is 8.42 Å². The van der Waals surface area contributed by atoms with Crippen molar-refractivity contribution in [3.8, 4) is 0 Å². The van der Waals surface area contributed by atoms with Gasteiger partial charge in [0, 0.05) is 32.7 Å². The molecule has 0 amide bonds. The molecule has 0 spiro atoms. The van der Waals surface area contributed by atoms with E-state index in [1.165, 1.54) is 0 Å². The normalized spacial score (nSPS) is 20.4. The number of hydrogen-bond donors (Lipinski definition) is 1. The molecule has 1 rings (SSSR count). The van der Waals surface area contributed by atoms with Crippen LogP contribution in [0.2, 0.25) is 0 Å². The van der Waals surface area contributed by atoms with Crippen molar-refractivity contribution in [3.63, 3.8) is 0 Å². The molecular formula is C13H29N3O2S. The lowest BCUT2D eigenvalue weighted by molar-refractivity contribution is 0.268. The summed E-state index contributed by atoms with van der Waals surface area (Å²) in [5, 5.41) is 0. The molecule has 0 saturated carbocycles. The Bertz CT molecular complexity index is 363. The summed E-state index contributed by atoms with van der Waals surface area (Å²) in [4.78, 5) is 4.62. The summed E-state index contributed by atoms with van der Waals surface area (Å²) in [6.07, 6.45) is 1.09. The van der Waals surface area contributed by atoms with E-state index >= 15 is 0 Å². The van der Waals surface area contributed by atoms with E-state index in [4.69, 9.17) is 5.73 Å². The number of rotatable bonds is 5. The number of hydrogen-bond acceptors (Lipinski definition) is 5. The minimum Gasteiger partial charge on any atom is -0.329 e. The van der Waals surface area contributed by atoms with Gasteiger partial charge in [-0.2, -0.15) is 0 Å². The molecule has 0 aromatic rings. The minimum atomic E-state index is -3.01. The molecule has 0 aromatic carbocycles. The van der Waals surface area contributed by atoms with Crippen LogP contribution in [0.4, 0.5) is 0 Å². The second kappa shape index (κ2) is 7.02. The zero-order valence-electron chi connectivity index (χ0n) is 12.6. The van der Waals surface area contributed by atoms with Crippen molar-refractivity contribution in [1.82, 2.24) is 9.80 Å². The molecular weight excluding hydrogens is 262 g/mol. The fraction of sp³-hybridized carbons (Fsp3) is 1.00. The molecule has 1 aliphatic rings.